The Kier molecular flexibility index (Phi) is 4.98. The molecule has 1 saturated heterocycles. The lowest BCUT2D eigenvalue weighted by Gasteiger charge is -2.18. The molecule has 1 aliphatic rings. The third kappa shape index (κ3) is 3.96. The predicted octanol–water partition coefficient (Wildman–Crippen LogP) is 2.35. The number of hydrogen-bond donors (Lipinski definition) is 2. The summed E-state index contributed by atoms with van der Waals surface area (Å²) in [5.74, 6) is -0.434. The minimum atomic E-state index is -0.432. The zero-order valence-corrected chi connectivity index (χ0v) is 15.5. The Morgan fingerprint density at radius 2 is 1.92 bits per heavy atom. The Hall–Kier alpha value is -2.48. The molecule has 0 saturated carbocycles. The minimum absolute atomic E-state index is 0.0744. The predicted molar refractivity (Wildman–Crippen MR) is 97.9 cm³/mol. The number of rotatable bonds is 4. The zero-order valence-electron chi connectivity index (χ0n) is 13.9. The molecule has 7 nitrogen and oxygen atoms in total. The summed E-state index contributed by atoms with van der Waals surface area (Å²) in [6.07, 6.45) is 0.169. The van der Waals surface area contributed by atoms with Crippen LogP contribution in [0.1, 0.15) is 17.8 Å². The first kappa shape index (κ1) is 17.3. The number of hydrogen-bond acceptors (Lipinski definition) is 5. The van der Waals surface area contributed by atoms with E-state index in [0.29, 0.717) is 12.5 Å². The third-order valence-electron chi connectivity index (χ3n) is 3.92. The van der Waals surface area contributed by atoms with Gasteiger partial charge in [-0.25, -0.2) is 9.97 Å². The first-order valence-electron chi connectivity index (χ1n) is 7.87. The van der Waals surface area contributed by atoms with Crippen LogP contribution < -0.4 is 15.8 Å². The van der Waals surface area contributed by atoms with Gasteiger partial charge in [0, 0.05) is 28.8 Å². The molecule has 0 bridgehead atoms. The molecular formula is C17H18BrN5O2. The summed E-state index contributed by atoms with van der Waals surface area (Å²) in [7, 11) is 0. The van der Waals surface area contributed by atoms with E-state index in [1.165, 1.54) is 0 Å². The maximum atomic E-state index is 12.4. The molecule has 2 amide bonds. The Morgan fingerprint density at radius 3 is 2.60 bits per heavy atom. The van der Waals surface area contributed by atoms with E-state index in [-0.39, 0.29) is 18.2 Å². The van der Waals surface area contributed by atoms with E-state index in [1.54, 1.807) is 4.90 Å². The fraction of sp³-hybridized carbons (Fsp3) is 0.294. The molecule has 1 aromatic carbocycles. The van der Waals surface area contributed by atoms with Crippen molar-refractivity contribution < 1.29 is 9.59 Å². The van der Waals surface area contributed by atoms with Gasteiger partial charge in [-0.2, -0.15) is 0 Å². The second kappa shape index (κ2) is 7.18. The average molecular weight is 404 g/mol. The zero-order chi connectivity index (χ0) is 18.0. The van der Waals surface area contributed by atoms with Crippen LogP contribution in [-0.4, -0.2) is 28.3 Å². The second-order valence-corrected chi connectivity index (χ2v) is 6.80. The van der Waals surface area contributed by atoms with E-state index in [9.17, 15) is 9.59 Å². The number of halogens is 1. The highest BCUT2D eigenvalue weighted by atomic mass is 79.9. The summed E-state index contributed by atoms with van der Waals surface area (Å²) < 4.78 is 0.825. The van der Waals surface area contributed by atoms with Crippen LogP contribution in [0.15, 0.2) is 34.8 Å². The standard InChI is InChI=1S/C17H18BrN5O2/c1-10-7-11(2)20-17(19-10)22-21-16(25)12-8-15(24)23(9-12)14-6-4-3-5-13(14)18/h3-7,12H,8-9H2,1-2H3,(H,21,25)(H,19,20,22). The van der Waals surface area contributed by atoms with Crippen molar-refractivity contribution in [3.8, 4) is 0 Å². The molecule has 0 radical (unpaired) electrons. The van der Waals surface area contributed by atoms with Gasteiger partial charge in [-0.05, 0) is 48.0 Å². The second-order valence-electron chi connectivity index (χ2n) is 5.95. The van der Waals surface area contributed by atoms with Crippen molar-refractivity contribution in [3.05, 3.63) is 46.2 Å². The highest BCUT2D eigenvalue weighted by molar-refractivity contribution is 9.10. The number of nitrogens with one attached hydrogen (secondary N) is 2. The van der Waals surface area contributed by atoms with Crippen molar-refractivity contribution in [1.82, 2.24) is 15.4 Å². The topological polar surface area (TPSA) is 87.2 Å². The summed E-state index contributed by atoms with van der Waals surface area (Å²) in [6, 6.07) is 9.31. The van der Waals surface area contributed by atoms with Crippen LogP contribution in [0, 0.1) is 19.8 Å². The number of aryl methyl sites for hydroxylation is 2. The fourth-order valence-corrected chi connectivity index (χ4v) is 3.29. The quantitative estimate of drug-likeness (QED) is 0.764. The Bertz CT molecular complexity index is 806. The maximum absolute atomic E-state index is 12.4. The molecule has 2 N–H and O–H groups in total. The molecule has 1 fully saturated rings. The molecule has 1 unspecified atom stereocenters. The van der Waals surface area contributed by atoms with Gasteiger partial charge in [-0.15, -0.1) is 0 Å². The van der Waals surface area contributed by atoms with Gasteiger partial charge in [0.05, 0.1) is 11.6 Å². The van der Waals surface area contributed by atoms with Crippen LogP contribution in [0.2, 0.25) is 0 Å². The molecule has 0 spiro atoms. The first-order chi connectivity index (χ1) is 11.9. The molecule has 2 aromatic rings. The van der Waals surface area contributed by atoms with Gasteiger partial charge >= 0.3 is 0 Å². The van der Waals surface area contributed by atoms with Crippen molar-refractivity contribution in [3.63, 3.8) is 0 Å². The van der Waals surface area contributed by atoms with E-state index in [4.69, 9.17) is 0 Å². The molecular weight excluding hydrogens is 386 g/mol. The number of carbonyl (C=O) groups excluding carboxylic acids is 2. The summed E-state index contributed by atoms with van der Waals surface area (Å²) >= 11 is 3.44. The monoisotopic (exact) mass is 403 g/mol. The lowest BCUT2D eigenvalue weighted by Crippen LogP contribution is -2.37. The molecule has 1 atom stereocenters. The van der Waals surface area contributed by atoms with Crippen molar-refractivity contribution in [1.29, 1.82) is 0 Å². The molecule has 1 aliphatic heterocycles. The van der Waals surface area contributed by atoms with E-state index in [1.807, 2.05) is 44.2 Å². The lowest BCUT2D eigenvalue weighted by molar-refractivity contribution is -0.125. The number of amides is 2. The van der Waals surface area contributed by atoms with Crippen LogP contribution in [0.25, 0.3) is 0 Å². The lowest BCUT2D eigenvalue weighted by atomic mass is 10.1. The minimum Gasteiger partial charge on any atom is -0.310 e. The third-order valence-corrected chi connectivity index (χ3v) is 4.59. The molecule has 2 heterocycles. The van der Waals surface area contributed by atoms with Gasteiger partial charge in [0.15, 0.2) is 0 Å². The first-order valence-corrected chi connectivity index (χ1v) is 8.66. The van der Waals surface area contributed by atoms with Crippen LogP contribution in [0.4, 0.5) is 11.6 Å². The number of nitrogens with zero attached hydrogens (tertiary/aromatic N) is 3. The molecule has 0 aliphatic carbocycles. The fourth-order valence-electron chi connectivity index (χ4n) is 2.79. The van der Waals surface area contributed by atoms with E-state index in [0.717, 1.165) is 21.5 Å². The Labute approximate surface area is 153 Å². The van der Waals surface area contributed by atoms with Crippen LogP contribution in [-0.2, 0) is 9.59 Å². The van der Waals surface area contributed by atoms with Crippen LogP contribution in [0.3, 0.4) is 0 Å². The largest absolute Gasteiger partial charge is 0.310 e. The molecule has 1 aromatic heterocycles. The number of carbonyl (C=O) groups is 2. The van der Waals surface area contributed by atoms with Crippen molar-refractivity contribution in [2.24, 2.45) is 5.92 Å². The molecule has 25 heavy (non-hydrogen) atoms. The number of hydrazine groups is 1. The molecule has 130 valence electrons. The summed E-state index contributed by atoms with van der Waals surface area (Å²) in [5.41, 5.74) is 7.70. The SMILES string of the molecule is Cc1cc(C)nc(NNC(=O)C2CC(=O)N(c3ccccc3Br)C2)n1. The maximum Gasteiger partial charge on any atom is 0.243 e. The van der Waals surface area contributed by atoms with E-state index >= 15 is 0 Å². The normalized spacial score (nSPS) is 16.8. The number of anilines is 2. The van der Waals surface area contributed by atoms with Gasteiger partial charge in [0.1, 0.15) is 0 Å². The summed E-state index contributed by atoms with van der Waals surface area (Å²) in [4.78, 5) is 34.7. The highest BCUT2D eigenvalue weighted by Gasteiger charge is 2.35. The van der Waals surface area contributed by atoms with Crippen molar-refractivity contribution in [2.75, 3.05) is 16.9 Å². The Morgan fingerprint density at radius 1 is 1.24 bits per heavy atom. The number of para-hydroxylation sites is 1. The van der Waals surface area contributed by atoms with E-state index < -0.39 is 5.92 Å². The smallest absolute Gasteiger partial charge is 0.243 e. The van der Waals surface area contributed by atoms with Gasteiger partial charge in [-0.3, -0.25) is 20.4 Å². The highest BCUT2D eigenvalue weighted by Crippen LogP contribution is 2.31. The summed E-state index contributed by atoms with van der Waals surface area (Å²) in [6.45, 7) is 4.04. The van der Waals surface area contributed by atoms with Crippen LogP contribution in [0.5, 0.6) is 0 Å². The van der Waals surface area contributed by atoms with Gasteiger partial charge in [-0.1, -0.05) is 12.1 Å². The Balaban J connectivity index is 1.64. The van der Waals surface area contributed by atoms with Gasteiger partial charge in [0.2, 0.25) is 17.8 Å². The van der Waals surface area contributed by atoms with Gasteiger partial charge < -0.3 is 4.90 Å². The van der Waals surface area contributed by atoms with E-state index in [2.05, 4.69) is 36.7 Å². The number of aromatic nitrogens is 2. The van der Waals surface area contributed by atoms with Crippen LogP contribution >= 0.6 is 15.9 Å². The molecule has 8 heteroatoms. The summed E-state index contributed by atoms with van der Waals surface area (Å²) in [5, 5.41) is 0. The van der Waals surface area contributed by atoms with Crippen molar-refractivity contribution >= 4 is 39.4 Å². The number of benzene rings is 1. The van der Waals surface area contributed by atoms with Gasteiger partial charge in [0.25, 0.3) is 0 Å². The molecule has 3 rings (SSSR count). The van der Waals surface area contributed by atoms with Crippen molar-refractivity contribution in [2.45, 2.75) is 20.3 Å². The average Bonchev–Trinajstić information content (AvgIpc) is 2.94.